The molecule has 2 aliphatic rings. The van der Waals surface area contributed by atoms with Crippen molar-refractivity contribution in [3.05, 3.63) is 39.8 Å². The van der Waals surface area contributed by atoms with Gasteiger partial charge in [-0.25, -0.2) is 8.42 Å². The number of nitrogens with one attached hydrogen (secondary N) is 1. The molecule has 0 unspecified atom stereocenters. The van der Waals surface area contributed by atoms with E-state index in [1.807, 2.05) is 0 Å². The highest BCUT2D eigenvalue weighted by atomic mass is 35.5. The molecule has 1 aromatic carbocycles. The van der Waals surface area contributed by atoms with Crippen LogP contribution in [0, 0.1) is 11.8 Å². The molecular formula is C17H19ClN2O4S. The van der Waals surface area contributed by atoms with Crippen LogP contribution in [-0.4, -0.2) is 37.1 Å². The Morgan fingerprint density at radius 3 is 2.56 bits per heavy atom. The van der Waals surface area contributed by atoms with E-state index in [1.54, 1.807) is 24.4 Å². The van der Waals surface area contributed by atoms with Crippen molar-refractivity contribution in [1.29, 1.82) is 0 Å². The van der Waals surface area contributed by atoms with E-state index >= 15 is 0 Å². The lowest BCUT2D eigenvalue weighted by atomic mass is 9.77. The minimum absolute atomic E-state index is 0.0102. The molecule has 1 saturated carbocycles. The maximum Gasteiger partial charge on any atom is 0.255 e. The molecule has 0 spiro atoms. The molecule has 2 fully saturated rings. The second kappa shape index (κ2) is 6.00. The second-order valence-corrected chi connectivity index (χ2v) is 9.65. The molecule has 1 aromatic heterocycles. The second-order valence-electron chi connectivity index (χ2n) is 7.09. The zero-order valence-corrected chi connectivity index (χ0v) is 15.0. The van der Waals surface area contributed by atoms with Crippen molar-refractivity contribution in [2.24, 2.45) is 17.6 Å². The summed E-state index contributed by atoms with van der Waals surface area (Å²) >= 11 is 6.32. The molecule has 6 nitrogen and oxygen atoms in total. The molecule has 1 aliphatic heterocycles. The molecule has 8 heteroatoms. The predicted molar refractivity (Wildman–Crippen MR) is 96.8 cm³/mol. The number of hydrogen-bond acceptors (Lipinski definition) is 5. The van der Waals surface area contributed by atoms with Crippen molar-refractivity contribution < 1.29 is 13.2 Å². The number of rotatable bonds is 2. The average molecular weight is 383 g/mol. The van der Waals surface area contributed by atoms with Gasteiger partial charge < -0.3 is 15.5 Å². The van der Waals surface area contributed by atoms with Gasteiger partial charge in [-0.3, -0.25) is 4.79 Å². The van der Waals surface area contributed by atoms with Gasteiger partial charge in [0.2, 0.25) is 0 Å². The van der Waals surface area contributed by atoms with Gasteiger partial charge in [-0.05, 0) is 36.4 Å². The molecule has 1 aliphatic carbocycles. The van der Waals surface area contributed by atoms with Crippen LogP contribution >= 0.6 is 11.6 Å². The topological polar surface area (TPSA) is 102 Å². The van der Waals surface area contributed by atoms with Crippen molar-refractivity contribution in [2.75, 3.05) is 11.5 Å². The predicted octanol–water partition coefficient (Wildman–Crippen LogP) is 1.71. The molecule has 2 aromatic rings. The first kappa shape index (κ1) is 16.9. The number of halogens is 1. The van der Waals surface area contributed by atoms with E-state index in [0.29, 0.717) is 29.0 Å². The first-order chi connectivity index (χ1) is 11.8. The summed E-state index contributed by atoms with van der Waals surface area (Å²) < 4.78 is 30.4. The number of aromatic amines is 1. The molecule has 1 saturated heterocycles. The molecule has 25 heavy (non-hydrogen) atoms. The summed E-state index contributed by atoms with van der Waals surface area (Å²) in [5.74, 6) is 0.436. The Morgan fingerprint density at radius 2 is 1.88 bits per heavy atom. The largest absolute Gasteiger partial charge is 0.488 e. The summed E-state index contributed by atoms with van der Waals surface area (Å²) in [6.45, 7) is 0. The maximum absolute atomic E-state index is 12.1. The first-order valence-electron chi connectivity index (χ1n) is 8.26. The monoisotopic (exact) mass is 382 g/mol. The summed E-state index contributed by atoms with van der Waals surface area (Å²) in [6.07, 6.45) is 2.61. The van der Waals surface area contributed by atoms with Gasteiger partial charge in [0.15, 0.2) is 9.84 Å². The maximum atomic E-state index is 12.1. The van der Waals surface area contributed by atoms with Crippen LogP contribution in [0.15, 0.2) is 29.2 Å². The zero-order chi connectivity index (χ0) is 17.8. The number of sulfone groups is 1. The summed E-state index contributed by atoms with van der Waals surface area (Å²) in [4.78, 5) is 14.5. The highest BCUT2D eigenvalue weighted by Crippen LogP contribution is 2.40. The highest BCUT2D eigenvalue weighted by molar-refractivity contribution is 7.91. The van der Waals surface area contributed by atoms with E-state index in [-0.39, 0.29) is 41.0 Å². The van der Waals surface area contributed by atoms with E-state index in [0.717, 1.165) is 5.39 Å². The van der Waals surface area contributed by atoms with Gasteiger partial charge >= 0.3 is 0 Å². The van der Waals surface area contributed by atoms with Crippen LogP contribution in [0.2, 0.25) is 5.02 Å². The minimum atomic E-state index is -3.06. The standard InChI is InChI=1S/C17H19ClN2O4S/c18-14-6-13-9(1-2-20-17(13)21)5-15(14)24-16-10-3-12(19)4-11(16)8-25(22,23)7-10/h1-2,5-6,10-12,16H,3-4,7-8,19H2,(H,20,21)/t10-,11+,12-,16+. The number of benzene rings is 1. The van der Waals surface area contributed by atoms with E-state index in [2.05, 4.69) is 4.98 Å². The van der Waals surface area contributed by atoms with Crippen LogP contribution < -0.4 is 16.0 Å². The molecule has 134 valence electrons. The van der Waals surface area contributed by atoms with Gasteiger partial charge in [-0.1, -0.05) is 11.6 Å². The fourth-order valence-electron chi connectivity index (χ4n) is 4.19. The van der Waals surface area contributed by atoms with Crippen molar-refractivity contribution >= 4 is 32.2 Å². The van der Waals surface area contributed by atoms with Crippen LogP contribution in [0.5, 0.6) is 5.75 Å². The first-order valence-corrected chi connectivity index (χ1v) is 10.5. The lowest BCUT2D eigenvalue weighted by Crippen LogP contribution is -2.54. The minimum Gasteiger partial charge on any atom is -0.488 e. The molecule has 3 N–H and O–H groups in total. The van der Waals surface area contributed by atoms with Crippen LogP contribution in [0.1, 0.15) is 12.8 Å². The molecule has 4 rings (SSSR count). The Labute approximate surface area is 150 Å². The summed E-state index contributed by atoms with van der Waals surface area (Å²) in [5.41, 5.74) is 5.86. The van der Waals surface area contributed by atoms with Crippen molar-refractivity contribution in [2.45, 2.75) is 25.0 Å². The number of H-pyrrole nitrogens is 1. The number of ether oxygens (including phenoxy) is 1. The molecule has 4 atom stereocenters. The molecule has 2 heterocycles. The average Bonchev–Trinajstić information content (AvgIpc) is 2.50. The third-order valence-corrected chi connectivity index (χ3v) is 7.33. The van der Waals surface area contributed by atoms with E-state index in [9.17, 15) is 13.2 Å². The molecule has 0 amide bonds. The quantitative estimate of drug-likeness (QED) is 0.823. The molecule has 2 bridgehead atoms. The number of hydrogen-bond donors (Lipinski definition) is 2. The van der Waals surface area contributed by atoms with Crippen LogP contribution in [0.25, 0.3) is 10.8 Å². The number of pyridine rings is 1. The third-order valence-electron chi connectivity index (χ3n) is 5.17. The Hall–Kier alpha value is -1.57. The highest BCUT2D eigenvalue weighted by Gasteiger charge is 2.46. The fourth-order valence-corrected chi connectivity index (χ4v) is 6.49. The van der Waals surface area contributed by atoms with Crippen molar-refractivity contribution in [1.82, 2.24) is 4.98 Å². The molecular weight excluding hydrogens is 364 g/mol. The number of fused-ring (bicyclic) bond motifs is 3. The smallest absolute Gasteiger partial charge is 0.255 e. The van der Waals surface area contributed by atoms with Gasteiger partial charge in [0.1, 0.15) is 11.9 Å². The van der Waals surface area contributed by atoms with Crippen LogP contribution in [0.3, 0.4) is 0 Å². The van der Waals surface area contributed by atoms with Crippen LogP contribution in [-0.2, 0) is 9.84 Å². The Balaban J connectivity index is 1.69. The fraction of sp³-hybridized carbons (Fsp3) is 0.471. The zero-order valence-electron chi connectivity index (χ0n) is 13.4. The third kappa shape index (κ3) is 3.16. The number of nitrogens with two attached hydrogens (primary N) is 1. The summed E-state index contributed by atoms with van der Waals surface area (Å²) in [6, 6.07) is 5.12. The Morgan fingerprint density at radius 1 is 1.20 bits per heavy atom. The van der Waals surface area contributed by atoms with Gasteiger partial charge in [0, 0.05) is 29.5 Å². The van der Waals surface area contributed by atoms with E-state index in [4.69, 9.17) is 22.1 Å². The molecule has 0 radical (unpaired) electrons. The van der Waals surface area contributed by atoms with E-state index < -0.39 is 9.84 Å². The SMILES string of the molecule is N[C@@H]1C[C@@H]2CS(=O)(=O)C[C@H](C1)[C@H]2Oc1cc2cc[nH]c(=O)c2cc1Cl. The van der Waals surface area contributed by atoms with Crippen LogP contribution in [0.4, 0.5) is 0 Å². The normalized spacial score (nSPS) is 31.0. The summed E-state index contributed by atoms with van der Waals surface area (Å²) in [7, 11) is -3.06. The van der Waals surface area contributed by atoms with E-state index in [1.165, 1.54) is 0 Å². The van der Waals surface area contributed by atoms with Gasteiger partial charge in [0.25, 0.3) is 5.56 Å². The van der Waals surface area contributed by atoms with Crippen molar-refractivity contribution in [3.63, 3.8) is 0 Å². The summed E-state index contributed by atoms with van der Waals surface area (Å²) in [5, 5.41) is 1.57. The van der Waals surface area contributed by atoms with Crippen molar-refractivity contribution in [3.8, 4) is 5.75 Å². The number of aromatic nitrogens is 1. The Kier molecular flexibility index (Phi) is 4.05. The van der Waals surface area contributed by atoms with Gasteiger partial charge in [-0.2, -0.15) is 0 Å². The van der Waals surface area contributed by atoms with Gasteiger partial charge in [0.05, 0.1) is 16.5 Å². The lowest BCUT2D eigenvalue weighted by Gasteiger charge is -2.44. The Bertz CT molecular complexity index is 966. The lowest BCUT2D eigenvalue weighted by molar-refractivity contribution is 0.0439. The van der Waals surface area contributed by atoms with Gasteiger partial charge in [-0.15, -0.1) is 0 Å².